The summed E-state index contributed by atoms with van der Waals surface area (Å²) in [5, 5.41) is 8.43. The molecule has 0 bridgehead atoms. The van der Waals surface area contributed by atoms with E-state index < -0.39 is 0 Å². The summed E-state index contributed by atoms with van der Waals surface area (Å²) in [5.41, 5.74) is 3.58. The number of carbonyl (C=O) groups is 2. The quantitative estimate of drug-likeness (QED) is 0.647. The Morgan fingerprint density at radius 3 is 2.71 bits per heavy atom. The summed E-state index contributed by atoms with van der Waals surface area (Å²) in [6.07, 6.45) is 3.04. The van der Waals surface area contributed by atoms with Gasteiger partial charge in [0.2, 0.25) is 0 Å². The van der Waals surface area contributed by atoms with Crippen LogP contribution in [0.25, 0.3) is 0 Å². The molecule has 0 aliphatic rings. The van der Waals surface area contributed by atoms with Gasteiger partial charge in [-0.1, -0.05) is 6.07 Å². The molecule has 2 aromatic heterocycles. The maximum absolute atomic E-state index is 11.7. The molecule has 0 unspecified atom stereocenters. The number of nitrogens with one attached hydrogen (secondary N) is 2. The van der Waals surface area contributed by atoms with Gasteiger partial charge in [-0.15, -0.1) is 11.3 Å². The van der Waals surface area contributed by atoms with Gasteiger partial charge in [-0.05, 0) is 30.5 Å². The predicted octanol–water partition coefficient (Wildman–Crippen LogP) is 1.41. The molecule has 2 heterocycles. The maximum atomic E-state index is 11.7. The average molecular weight is 302 g/mol. The first-order valence-corrected chi connectivity index (χ1v) is 7.10. The molecule has 2 amide bonds. The Bertz CT molecular complexity index is 638. The first kappa shape index (κ1) is 14.9. The molecule has 0 radical (unpaired) electrons. The number of aromatic nitrogens is 1. The summed E-state index contributed by atoms with van der Waals surface area (Å²) >= 11 is 1.54. The Hall–Kier alpha value is -2.54. The van der Waals surface area contributed by atoms with Crippen LogP contribution in [0.4, 0.5) is 0 Å². The van der Waals surface area contributed by atoms with E-state index in [1.807, 2.05) is 24.4 Å². The minimum absolute atomic E-state index is 0.137. The van der Waals surface area contributed by atoms with E-state index in [0.29, 0.717) is 5.56 Å². The molecule has 108 valence electrons. The minimum Gasteiger partial charge on any atom is -0.343 e. The van der Waals surface area contributed by atoms with Crippen molar-refractivity contribution in [3.05, 3.63) is 52.5 Å². The fourth-order valence-corrected chi connectivity index (χ4v) is 2.17. The smallest absolute Gasteiger partial charge is 0.259 e. The fraction of sp³-hybridized carbons (Fsp3) is 0.143. The summed E-state index contributed by atoms with van der Waals surface area (Å²) in [5.74, 6) is -0.708. The van der Waals surface area contributed by atoms with Crippen LogP contribution in [0.2, 0.25) is 0 Å². The van der Waals surface area contributed by atoms with Gasteiger partial charge < -0.3 is 5.32 Å². The van der Waals surface area contributed by atoms with Crippen LogP contribution >= 0.6 is 11.3 Å². The number of hydrogen-bond donors (Lipinski definition) is 2. The van der Waals surface area contributed by atoms with Crippen molar-refractivity contribution < 1.29 is 9.59 Å². The third-order valence-corrected chi connectivity index (χ3v) is 3.56. The Morgan fingerprint density at radius 2 is 2.05 bits per heavy atom. The molecule has 0 saturated carbocycles. The first-order valence-electron chi connectivity index (χ1n) is 6.22. The molecule has 2 rings (SSSR count). The Labute approximate surface area is 125 Å². The third-order valence-electron chi connectivity index (χ3n) is 2.58. The number of hydrogen-bond acceptors (Lipinski definition) is 5. The number of hydrazone groups is 1. The van der Waals surface area contributed by atoms with E-state index in [9.17, 15) is 9.59 Å². The van der Waals surface area contributed by atoms with Gasteiger partial charge in [0.25, 0.3) is 11.8 Å². The van der Waals surface area contributed by atoms with Crippen LogP contribution in [-0.4, -0.2) is 29.1 Å². The number of thiophene rings is 1. The van der Waals surface area contributed by atoms with Crippen molar-refractivity contribution in [3.8, 4) is 0 Å². The van der Waals surface area contributed by atoms with Crippen molar-refractivity contribution in [2.75, 3.05) is 6.54 Å². The van der Waals surface area contributed by atoms with Gasteiger partial charge in [-0.3, -0.25) is 14.6 Å². The molecular formula is C14H14N4O2S. The topological polar surface area (TPSA) is 83.5 Å². The van der Waals surface area contributed by atoms with Gasteiger partial charge >= 0.3 is 0 Å². The van der Waals surface area contributed by atoms with Crippen LogP contribution in [0.15, 0.2) is 47.1 Å². The summed E-state index contributed by atoms with van der Waals surface area (Å²) in [6, 6.07) is 6.98. The highest BCUT2D eigenvalue weighted by atomic mass is 32.1. The maximum Gasteiger partial charge on any atom is 0.259 e. The number of nitrogens with zero attached hydrogens (tertiary/aromatic N) is 2. The monoisotopic (exact) mass is 302 g/mol. The average Bonchev–Trinajstić information content (AvgIpc) is 3.05. The summed E-state index contributed by atoms with van der Waals surface area (Å²) in [6.45, 7) is 1.67. The van der Waals surface area contributed by atoms with Crippen molar-refractivity contribution in [1.82, 2.24) is 15.7 Å². The molecule has 0 saturated heterocycles. The highest BCUT2D eigenvalue weighted by Gasteiger charge is 2.07. The first-order chi connectivity index (χ1) is 10.2. The molecule has 0 aliphatic carbocycles. The predicted molar refractivity (Wildman–Crippen MR) is 81.2 cm³/mol. The van der Waals surface area contributed by atoms with E-state index in [2.05, 4.69) is 20.8 Å². The molecule has 0 aliphatic heterocycles. The number of amides is 2. The van der Waals surface area contributed by atoms with E-state index in [1.165, 1.54) is 12.4 Å². The lowest BCUT2D eigenvalue weighted by molar-refractivity contribution is -0.120. The van der Waals surface area contributed by atoms with Crippen molar-refractivity contribution >= 4 is 28.9 Å². The SMILES string of the molecule is C/C(=N\NC(=O)CNC(=O)c1ccncc1)c1cccs1. The summed E-state index contributed by atoms with van der Waals surface area (Å²) in [4.78, 5) is 28.1. The lowest BCUT2D eigenvalue weighted by atomic mass is 10.2. The van der Waals surface area contributed by atoms with Crippen LogP contribution < -0.4 is 10.7 Å². The summed E-state index contributed by atoms with van der Waals surface area (Å²) < 4.78 is 0. The molecule has 0 spiro atoms. The van der Waals surface area contributed by atoms with Gasteiger partial charge in [-0.25, -0.2) is 5.43 Å². The number of rotatable bonds is 5. The minimum atomic E-state index is -0.381. The second-order valence-electron chi connectivity index (χ2n) is 4.13. The molecular weight excluding hydrogens is 288 g/mol. The number of carbonyl (C=O) groups excluding carboxylic acids is 2. The van der Waals surface area contributed by atoms with Gasteiger partial charge in [-0.2, -0.15) is 5.10 Å². The van der Waals surface area contributed by atoms with E-state index in [0.717, 1.165) is 10.6 Å². The Kier molecular flexibility index (Phi) is 5.16. The van der Waals surface area contributed by atoms with E-state index in [-0.39, 0.29) is 18.4 Å². The van der Waals surface area contributed by atoms with E-state index in [4.69, 9.17) is 0 Å². The molecule has 0 fully saturated rings. The molecule has 2 aromatic rings. The normalized spacial score (nSPS) is 11.0. The molecule has 6 nitrogen and oxygen atoms in total. The van der Waals surface area contributed by atoms with Crippen molar-refractivity contribution in [2.45, 2.75) is 6.92 Å². The van der Waals surface area contributed by atoms with E-state index in [1.54, 1.807) is 23.5 Å². The molecule has 0 atom stereocenters. The molecule has 21 heavy (non-hydrogen) atoms. The number of pyridine rings is 1. The second-order valence-corrected chi connectivity index (χ2v) is 5.08. The van der Waals surface area contributed by atoms with Crippen LogP contribution in [0.1, 0.15) is 22.2 Å². The third kappa shape index (κ3) is 4.50. The zero-order valence-corrected chi connectivity index (χ0v) is 12.2. The summed E-state index contributed by atoms with van der Waals surface area (Å²) in [7, 11) is 0. The van der Waals surface area contributed by atoms with Gasteiger partial charge in [0.15, 0.2) is 0 Å². The zero-order valence-electron chi connectivity index (χ0n) is 11.4. The lowest BCUT2D eigenvalue weighted by Gasteiger charge is -2.04. The molecule has 2 N–H and O–H groups in total. The molecule has 7 heteroatoms. The standard InChI is InChI=1S/C14H14N4O2S/c1-10(12-3-2-8-21-12)17-18-13(19)9-16-14(20)11-4-6-15-7-5-11/h2-8H,9H2,1H3,(H,16,20)(H,18,19)/b17-10+. The second kappa shape index (κ2) is 7.30. The van der Waals surface area contributed by atoms with Crippen LogP contribution in [0.5, 0.6) is 0 Å². The van der Waals surface area contributed by atoms with Crippen molar-refractivity contribution in [2.24, 2.45) is 5.10 Å². The van der Waals surface area contributed by atoms with Crippen molar-refractivity contribution in [3.63, 3.8) is 0 Å². The van der Waals surface area contributed by atoms with Crippen LogP contribution in [-0.2, 0) is 4.79 Å². The highest BCUT2D eigenvalue weighted by molar-refractivity contribution is 7.12. The Balaban J connectivity index is 1.80. The van der Waals surface area contributed by atoms with Crippen LogP contribution in [0, 0.1) is 0 Å². The van der Waals surface area contributed by atoms with Gasteiger partial charge in [0.05, 0.1) is 12.3 Å². The fourth-order valence-electron chi connectivity index (χ4n) is 1.49. The van der Waals surface area contributed by atoms with E-state index >= 15 is 0 Å². The Morgan fingerprint density at radius 1 is 1.29 bits per heavy atom. The van der Waals surface area contributed by atoms with Gasteiger partial charge in [0, 0.05) is 22.8 Å². The highest BCUT2D eigenvalue weighted by Crippen LogP contribution is 2.09. The zero-order chi connectivity index (χ0) is 15.1. The van der Waals surface area contributed by atoms with Crippen molar-refractivity contribution in [1.29, 1.82) is 0 Å². The molecule has 0 aromatic carbocycles. The van der Waals surface area contributed by atoms with Gasteiger partial charge in [0.1, 0.15) is 0 Å². The van der Waals surface area contributed by atoms with Crippen LogP contribution in [0.3, 0.4) is 0 Å². The lowest BCUT2D eigenvalue weighted by Crippen LogP contribution is -2.35. The largest absolute Gasteiger partial charge is 0.343 e.